The van der Waals surface area contributed by atoms with E-state index in [-0.39, 0.29) is 24.6 Å². The molecule has 0 radical (unpaired) electrons. The lowest BCUT2D eigenvalue weighted by molar-refractivity contribution is -0.0300. The van der Waals surface area contributed by atoms with Gasteiger partial charge in [-0.1, -0.05) is 75.6 Å². The smallest absolute Gasteiger partial charge is 0.325 e. The minimum atomic E-state index is -2.96. The summed E-state index contributed by atoms with van der Waals surface area (Å²) in [6, 6.07) is -0.735. The van der Waals surface area contributed by atoms with E-state index in [0.29, 0.717) is 38.0 Å². The Hall–Kier alpha value is -1.48. The van der Waals surface area contributed by atoms with E-state index in [0.717, 1.165) is 38.0 Å². The molecule has 0 spiro atoms. The number of hydrogen-bond acceptors (Lipinski definition) is 3. The molecule has 0 saturated carbocycles. The molecule has 6 atom stereocenters. The van der Waals surface area contributed by atoms with Gasteiger partial charge in [0.2, 0.25) is 0 Å². The Balaban J connectivity index is 1.49. The maximum absolute atomic E-state index is 15.0. The van der Waals surface area contributed by atoms with Crippen LogP contribution in [0.25, 0.3) is 0 Å². The summed E-state index contributed by atoms with van der Waals surface area (Å²) in [5.41, 5.74) is 4.17. The number of ether oxygens (including phenoxy) is 1. The molecule has 3 aliphatic heterocycles. The van der Waals surface area contributed by atoms with Gasteiger partial charge in [0, 0.05) is 45.1 Å². The van der Waals surface area contributed by atoms with Crippen molar-refractivity contribution in [1.29, 1.82) is 0 Å². The Morgan fingerprint density at radius 1 is 1.23 bits per heavy atom. The molecule has 0 aromatic carbocycles. The Kier molecular flexibility index (Phi) is 11.5. The van der Waals surface area contributed by atoms with Crippen molar-refractivity contribution >= 4 is 28.6 Å². The molecule has 3 heterocycles. The highest BCUT2D eigenvalue weighted by Gasteiger charge is 2.51. The van der Waals surface area contributed by atoms with Crippen LogP contribution in [0.4, 0.5) is 13.6 Å². The molecule has 4 rings (SSSR count). The zero-order valence-corrected chi connectivity index (χ0v) is 26.3. The second kappa shape index (κ2) is 14.6. The summed E-state index contributed by atoms with van der Waals surface area (Å²) in [4.78, 5) is 19.7. The van der Waals surface area contributed by atoms with Gasteiger partial charge >= 0.3 is 9.96 Å². The van der Waals surface area contributed by atoms with Crippen molar-refractivity contribution in [2.24, 2.45) is 23.7 Å². The van der Waals surface area contributed by atoms with Crippen molar-refractivity contribution in [3.63, 3.8) is 0 Å². The zero-order valence-electron chi connectivity index (χ0n) is 24.1. The van der Waals surface area contributed by atoms with Crippen molar-refractivity contribution in [3.05, 3.63) is 54.5 Å². The largest absolute Gasteiger partial charge is 0.375 e. The molecular formula is C32H46F2IN3O2. The Morgan fingerprint density at radius 2 is 2.05 bits per heavy atom. The van der Waals surface area contributed by atoms with E-state index in [2.05, 4.69) is 37.1 Å². The molecule has 222 valence electrons. The fourth-order valence-electron chi connectivity index (χ4n) is 6.67. The van der Waals surface area contributed by atoms with Crippen LogP contribution in [0.15, 0.2) is 54.5 Å². The van der Waals surface area contributed by atoms with Gasteiger partial charge in [-0.2, -0.15) is 8.78 Å². The molecule has 1 aliphatic carbocycles. The summed E-state index contributed by atoms with van der Waals surface area (Å²) in [5.74, 6) is -0.0875. The number of nitrogens with zero attached hydrogens (tertiary/aromatic N) is 3. The number of urea groups is 1. The molecule has 2 fully saturated rings. The number of rotatable bonds is 12. The lowest BCUT2D eigenvalue weighted by Gasteiger charge is -2.35. The maximum Gasteiger partial charge on any atom is 0.325 e. The monoisotopic (exact) mass is 669 g/mol. The number of alkyl halides is 3. The van der Waals surface area contributed by atoms with E-state index in [9.17, 15) is 13.6 Å². The minimum absolute atomic E-state index is 0.0189. The normalized spacial score (nSPS) is 30.2. The second-order valence-corrected chi connectivity index (χ2v) is 13.3. The van der Waals surface area contributed by atoms with E-state index >= 15 is 0 Å². The van der Waals surface area contributed by atoms with E-state index in [1.165, 1.54) is 41.9 Å². The maximum atomic E-state index is 15.0. The SMILES string of the molecule is C=CC[C@@H]1CN(C[C@@H]2C=CC(C(F)(F)I)[C@@H]3CN(C4=C=CC=CC(CC(CC)CCCC)C4)C(=O)N3C2)CCO1. The van der Waals surface area contributed by atoms with Gasteiger partial charge in [-0.15, -0.1) is 6.58 Å². The third kappa shape index (κ3) is 8.08. The summed E-state index contributed by atoms with van der Waals surface area (Å²) in [6.07, 6.45) is 19.1. The lowest BCUT2D eigenvalue weighted by atomic mass is 9.86. The van der Waals surface area contributed by atoms with Crippen LogP contribution in [-0.4, -0.2) is 76.1 Å². The summed E-state index contributed by atoms with van der Waals surface area (Å²) in [7, 11) is 0. The number of carbonyl (C=O) groups excluding carboxylic acids is 1. The van der Waals surface area contributed by atoms with Gasteiger partial charge in [-0.25, -0.2) is 4.79 Å². The van der Waals surface area contributed by atoms with Crippen LogP contribution in [-0.2, 0) is 4.74 Å². The number of morpholine rings is 1. The molecule has 5 nitrogen and oxygen atoms in total. The van der Waals surface area contributed by atoms with E-state index in [4.69, 9.17) is 4.74 Å². The molecule has 4 aliphatic rings. The molecule has 0 N–H and O–H groups in total. The predicted molar refractivity (Wildman–Crippen MR) is 165 cm³/mol. The Labute approximate surface area is 253 Å². The Morgan fingerprint density at radius 3 is 2.77 bits per heavy atom. The van der Waals surface area contributed by atoms with Crippen molar-refractivity contribution < 1.29 is 18.3 Å². The first kappa shape index (κ1) is 31.5. The molecule has 2 saturated heterocycles. The first-order chi connectivity index (χ1) is 19.2. The van der Waals surface area contributed by atoms with Gasteiger partial charge in [0.15, 0.2) is 0 Å². The fraction of sp³-hybridized carbons (Fsp3) is 0.688. The average molecular weight is 670 g/mol. The third-order valence-electron chi connectivity index (χ3n) is 8.90. The average Bonchev–Trinajstić information content (AvgIpc) is 3.08. The zero-order chi connectivity index (χ0) is 28.7. The highest BCUT2D eigenvalue weighted by molar-refractivity contribution is 14.1. The van der Waals surface area contributed by atoms with Gasteiger partial charge in [-0.05, 0) is 53.3 Å². The van der Waals surface area contributed by atoms with Crippen LogP contribution in [0.5, 0.6) is 0 Å². The summed E-state index contributed by atoms with van der Waals surface area (Å²) in [5, 5.41) is 0. The number of allylic oxidation sites excluding steroid dienone is 3. The fourth-order valence-corrected chi connectivity index (χ4v) is 7.29. The van der Waals surface area contributed by atoms with Crippen LogP contribution in [0, 0.1) is 23.7 Å². The quantitative estimate of drug-likeness (QED) is 0.0940. The number of unbranched alkanes of at least 4 members (excludes halogenated alkanes) is 1. The van der Waals surface area contributed by atoms with Crippen LogP contribution >= 0.6 is 22.6 Å². The summed E-state index contributed by atoms with van der Waals surface area (Å²) >= 11 is 1.25. The molecule has 2 amide bonds. The number of carbonyl (C=O) groups is 1. The molecule has 0 aromatic heterocycles. The van der Waals surface area contributed by atoms with E-state index in [1.807, 2.05) is 24.3 Å². The topological polar surface area (TPSA) is 36.0 Å². The first-order valence-corrected chi connectivity index (χ1v) is 16.2. The number of halogens is 3. The first-order valence-electron chi connectivity index (χ1n) is 15.1. The summed E-state index contributed by atoms with van der Waals surface area (Å²) < 4.78 is 32.8. The lowest BCUT2D eigenvalue weighted by Crippen LogP contribution is -2.47. The van der Waals surface area contributed by atoms with Crippen molar-refractivity contribution in [2.75, 3.05) is 39.3 Å². The molecule has 8 heteroatoms. The van der Waals surface area contributed by atoms with Gasteiger partial charge < -0.3 is 9.64 Å². The van der Waals surface area contributed by atoms with Gasteiger partial charge in [-0.3, -0.25) is 9.80 Å². The predicted octanol–water partition coefficient (Wildman–Crippen LogP) is 7.42. The molecule has 0 aromatic rings. The molecular weight excluding hydrogens is 623 g/mol. The van der Waals surface area contributed by atoms with Crippen molar-refractivity contribution in [3.8, 4) is 0 Å². The molecule has 40 heavy (non-hydrogen) atoms. The highest BCUT2D eigenvalue weighted by Crippen LogP contribution is 2.42. The van der Waals surface area contributed by atoms with Crippen LogP contribution in [0.2, 0.25) is 0 Å². The summed E-state index contributed by atoms with van der Waals surface area (Å²) in [6.45, 7) is 12.0. The van der Waals surface area contributed by atoms with Crippen LogP contribution < -0.4 is 0 Å². The van der Waals surface area contributed by atoms with Gasteiger partial charge in [0.1, 0.15) is 0 Å². The highest BCUT2D eigenvalue weighted by atomic mass is 127. The van der Waals surface area contributed by atoms with Crippen LogP contribution in [0.3, 0.4) is 0 Å². The second-order valence-electron chi connectivity index (χ2n) is 11.9. The standard InChI is InChI=1S/C32H46F2IN3O2/c1-4-7-11-24(6-3)18-25-12-8-9-13-27(19-25)37-23-30-29(32(33,34)35)15-14-26(21-38(30)31(37)39)20-36-16-17-40-28(22-36)10-5-2/h5,8-9,12,14-15,24-26,28-30H,2,4,6-7,10-11,16-23H2,1,3H3/t24?,25?,26-,28+,29?,30-/m0/s1. The molecule has 3 unspecified atom stereocenters. The van der Waals surface area contributed by atoms with Crippen molar-refractivity contribution in [2.45, 2.75) is 74.9 Å². The molecule has 0 bridgehead atoms. The van der Waals surface area contributed by atoms with Crippen LogP contribution in [0.1, 0.15) is 58.8 Å². The number of amides is 2. The van der Waals surface area contributed by atoms with Gasteiger partial charge in [0.25, 0.3) is 0 Å². The Bertz CT molecular complexity index is 1000. The van der Waals surface area contributed by atoms with E-state index in [1.54, 1.807) is 15.9 Å². The van der Waals surface area contributed by atoms with E-state index < -0.39 is 15.9 Å². The minimum Gasteiger partial charge on any atom is -0.375 e. The third-order valence-corrected chi connectivity index (χ3v) is 9.62. The number of hydrogen-bond donors (Lipinski definition) is 0. The number of fused-ring (bicyclic) bond motifs is 1. The van der Waals surface area contributed by atoms with Crippen molar-refractivity contribution in [1.82, 2.24) is 14.7 Å². The van der Waals surface area contributed by atoms with Gasteiger partial charge in [0.05, 0.1) is 30.4 Å².